The predicted molar refractivity (Wildman–Crippen MR) is 73.8 cm³/mol. The van der Waals surface area contributed by atoms with Gasteiger partial charge in [0.25, 0.3) is 5.91 Å². The van der Waals surface area contributed by atoms with Gasteiger partial charge in [-0.15, -0.1) is 0 Å². The molecule has 20 heavy (non-hydrogen) atoms. The third kappa shape index (κ3) is 5.26. The number of ether oxygens (including phenoxy) is 1. The lowest BCUT2D eigenvalue weighted by molar-refractivity contribution is -0.137. The summed E-state index contributed by atoms with van der Waals surface area (Å²) in [5.41, 5.74) is 0.457. The standard InChI is InChI=1S/C14H20N2O4/c1-10(2)20-12-7-6-11(9-15-12)14(19)16(3)8-4-5-13(17)18/h6-7,9-10H,4-5,8H2,1-3H3,(H,17,18). The van der Waals surface area contributed by atoms with Crippen molar-refractivity contribution in [3.05, 3.63) is 23.9 Å². The number of amides is 1. The fourth-order valence-electron chi connectivity index (χ4n) is 1.61. The Kier molecular flexibility index (Phi) is 5.96. The minimum atomic E-state index is -0.859. The first kappa shape index (κ1) is 15.9. The second-order valence-electron chi connectivity index (χ2n) is 4.78. The van der Waals surface area contributed by atoms with Crippen LogP contribution in [-0.2, 0) is 4.79 Å². The van der Waals surface area contributed by atoms with Crippen LogP contribution in [0.15, 0.2) is 18.3 Å². The molecule has 0 spiro atoms. The molecule has 1 N–H and O–H groups in total. The summed E-state index contributed by atoms with van der Waals surface area (Å²) in [6, 6.07) is 3.30. The summed E-state index contributed by atoms with van der Waals surface area (Å²) in [4.78, 5) is 28.0. The minimum Gasteiger partial charge on any atom is -0.481 e. The Morgan fingerprint density at radius 1 is 1.40 bits per heavy atom. The largest absolute Gasteiger partial charge is 0.481 e. The molecule has 1 heterocycles. The van der Waals surface area contributed by atoms with Crippen molar-refractivity contribution in [2.45, 2.75) is 32.8 Å². The summed E-state index contributed by atoms with van der Waals surface area (Å²) in [5, 5.41) is 8.56. The Hall–Kier alpha value is -2.11. The van der Waals surface area contributed by atoms with Crippen molar-refractivity contribution >= 4 is 11.9 Å². The van der Waals surface area contributed by atoms with Gasteiger partial charge in [-0.25, -0.2) is 4.98 Å². The molecule has 1 aromatic heterocycles. The van der Waals surface area contributed by atoms with Crippen LogP contribution in [0.5, 0.6) is 5.88 Å². The number of carbonyl (C=O) groups excluding carboxylic acids is 1. The van der Waals surface area contributed by atoms with Crippen LogP contribution in [0.2, 0.25) is 0 Å². The summed E-state index contributed by atoms with van der Waals surface area (Å²) >= 11 is 0. The monoisotopic (exact) mass is 280 g/mol. The van der Waals surface area contributed by atoms with Gasteiger partial charge in [-0.05, 0) is 26.3 Å². The summed E-state index contributed by atoms with van der Waals surface area (Å²) in [6.45, 7) is 4.20. The van der Waals surface area contributed by atoms with E-state index in [4.69, 9.17) is 9.84 Å². The second kappa shape index (κ2) is 7.47. The molecule has 1 aromatic rings. The second-order valence-corrected chi connectivity index (χ2v) is 4.78. The number of carboxylic acid groups (broad SMARTS) is 1. The van der Waals surface area contributed by atoms with Crippen LogP contribution in [0.4, 0.5) is 0 Å². The Labute approximate surface area is 118 Å². The van der Waals surface area contributed by atoms with Crippen molar-refractivity contribution in [1.29, 1.82) is 0 Å². The first-order chi connectivity index (χ1) is 9.40. The summed E-state index contributed by atoms with van der Waals surface area (Å²) in [6.07, 6.45) is 1.98. The van der Waals surface area contributed by atoms with Gasteiger partial charge in [0.05, 0.1) is 11.7 Å². The van der Waals surface area contributed by atoms with Gasteiger partial charge in [-0.2, -0.15) is 0 Å². The first-order valence-corrected chi connectivity index (χ1v) is 6.50. The highest BCUT2D eigenvalue weighted by molar-refractivity contribution is 5.93. The van der Waals surface area contributed by atoms with E-state index in [9.17, 15) is 9.59 Å². The number of hydrogen-bond donors (Lipinski definition) is 1. The lowest BCUT2D eigenvalue weighted by Crippen LogP contribution is -2.28. The molecule has 6 heteroatoms. The zero-order valence-electron chi connectivity index (χ0n) is 12.0. The normalized spacial score (nSPS) is 10.4. The van der Waals surface area contributed by atoms with Crippen LogP contribution in [0.25, 0.3) is 0 Å². The predicted octanol–water partition coefficient (Wildman–Crippen LogP) is 1.81. The zero-order valence-corrected chi connectivity index (χ0v) is 12.0. The molecule has 0 saturated heterocycles. The molecule has 0 unspecified atom stereocenters. The van der Waals surface area contributed by atoms with E-state index in [0.29, 0.717) is 24.4 Å². The van der Waals surface area contributed by atoms with Crippen molar-refractivity contribution in [1.82, 2.24) is 9.88 Å². The average molecular weight is 280 g/mol. The molecule has 0 fully saturated rings. The molecule has 0 atom stereocenters. The maximum Gasteiger partial charge on any atom is 0.303 e. The highest BCUT2D eigenvalue weighted by atomic mass is 16.5. The molecule has 1 amide bonds. The Balaban J connectivity index is 2.56. The maximum absolute atomic E-state index is 12.1. The number of pyridine rings is 1. The van der Waals surface area contributed by atoms with Crippen molar-refractivity contribution < 1.29 is 19.4 Å². The molecule has 0 aromatic carbocycles. The minimum absolute atomic E-state index is 0.0303. The van der Waals surface area contributed by atoms with Gasteiger partial charge in [-0.3, -0.25) is 9.59 Å². The van der Waals surface area contributed by atoms with Gasteiger partial charge >= 0.3 is 5.97 Å². The molecule has 0 aliphatic carbocycles. The van der Waals surface area contributed by atoms with Gasteiger partial charge in [0, 0.05) is 32.3 Å². The smallest absolute Gasteiger partial charge is 0.303 e. The number of carbonyl (C=O) groups is 2. The number of carboxylic acids is 1. The molecule has 1 rings (SSSR count). The third-order valence-corrected chi connectivity index (χ3v) is 2.57. The van der Waals surface area contributed by atoms with Gasteiger partial charge < -0.3 is 14.7 Å². The summed E-state index contributed by atoms with van der Waals surface area (Å²) in [7, 11) is 1.64. The quantitative estimate of drug-likeness (QED) is 0.824. The van der Waals surface area contributed by atoms with E-state index in [1.165, 1.54) is 11.1 Å². The molecular weight excluding hydrogens is 260 g/mol. The summed E-state index contributed by atoms with van der Waals surface area (Å²) in [5.74, 6) is -0.563. The Morgan fingerprint density at radius 2 is 2.10 bits per heavy atom. The molecule has 110 valence electrons. The van der Waals surface area contributed by atoms with E-state index in [1.807, 2.05) is 13.8 Å². The number of hydrogen-bond acceptors (Lipinski definition) is 4. The Morgan fingerprint density at radius 3 is 2.60 bits per heavy atom. The highest BCUT2D eigenvalue weighted by Crippen LogP contribution is 2.11. The van der Waals surface area contributed by atoms with Gasteiger partial charge in [0.2, 0.25) is 5.88 Å². The molecule has 6 nitrogen and oxygen atoms in total. The van der Waals surface area contributed by atoms with Gasteiger partial charge in [-0.1, -0.05) is 0 Å². The number of aromatic nitrogens is 1. The van der Waals surface area contributed by atoms with Crippen LogP contribution in [0, 0.1) is 0 Å². The van der Waals surface area contributed by atoms with Crippen molar-refractivity contribution in [2.24, 2.45) is 0 Å². The number of rotatable bonds is 7. The van der Waals surface area contributed by atoms with Gasteiger partial charge in [0.15, 0.2) is 0 Å². The fraction of sp³-hybridized carbons (Fsp3) is 0.500. The van der Waals surface area contributed by atoms with Gasteiger partial charge in [0.1, 0.15) is 0 Å². The molecule has 0 aliphatic rings. The van der Waals surface area contributed by atoms with E-state index < -0.39 is 5.97 Å². The molecule has 0 radical (unpaired) electrons. The van der Waals surface area contributed by atoms with Crippen LogP contribution < -0.4 is 4.74 Å². The summed E-state index contributed by atoms with van der Waals surface area (Å²) < 4.78 is 5.40. The molecule has 0 aliphatic heterocycles. The molecule has 0 saturated carbocycles. The third-order valence-electron chi connectivity index (χ3n) is 2.57. The molecule has 0 bridgehead atoms. The fourth-order valence-corrected chi connectivity index (χ4v) is 1.61. The highest BCUT2D eigenvalue weighted by Gasteiger charge is 2.12. The topological polar surface area (TPSA) is 79.7 Å². The molecular formula is C14H20N2O4. The SMILES string of the molecule is CC(C)Oc1ccc(C(=O)N(C)CCCC(=O)O)cn1. The van der Waals surface area contributed by atoms with Crippen LogP contribution >= 0.6 is 0 Å². The maximum atomic E-state index is 12.1. The van der Waals surface area contributed by atoms with Crippen molar-refractivity contribution in [3.8, 4) is 5.88 Å². The first-order valence-electron chi connectivity index (χ1n) is 6.50. The van der Waals surface area contributed by atoms with Crippen LogP contribution in [0.1, 0.15) is 37.0 Å². The lowest BCUT2D eigenvalue weighted by atomic mass is 10.2. The number of nitrogens with zero attached hydrogens (tertiary/aromatic N) is 2. The van der Waals surface area contributed by atoms with E-state index in [2.05, 4.69) is 4.98 Å². The van der Waals surface area contributed by atoms with E-state index in [-0.39, 0.29) is 18.4 Å². The van der Waals surface area contributed by atoms with Crippen LogP contribution in [0.3, 0.4) is 0 Å². The Bertz CT molecular complexity index is 457. The van der Waals surface area contributed by atoms with E-state index >= 15 is 0 Å². The number of aliphatic carboxylic acids is 1. The van der Waals surface area contributed by atoms with Crippen molar-refractivity contribution in [3.63, 3.8) is 0 Å². The zero-order chi connectivity index (χ0) is 15.1. The van der Waals surface area contributed by atoms with E-state index in [0.717, 1.165) is 0 Å². The van der Waals surface area contributed by atoms with E-state index in [1.54, 1.807) is 19.2 Å². The van der Waals surface area contributed by atoms with Crippen molar-refractivity contribution in [2.75, 3.05) is 13.6 Å². The average Bonchev–Trinajstić information content (AvgIpc) is 2.37. The van der Waals surface area contributed by atoms with Crippen LogP contribution in [-0.4, -0.2) is 46.6 Å². The lowest BCUT2D eigenvalue weighted by Gasteiger charge is -2.16.